The third kappa shape index (κ3) is 3.94. The molecule has 31 heavy (non-hydrogen) atoms. The SMILES string of the molecule is C=CCN1C(=O)C(Nc2cccc3ccccc23)=C(c2ccc(OCCC)cc2)C1=O. The molecular weight excluding hydrogens is 388 g/mol. The fourth-order valence-corrected chi connectivity index (χ4v) is 3.66. The third-order valence-electron chi connectivity index (χ3n) is 5.14. The maximum absolute atomic E-state index is 13.2. The molecule has 4 rings (SSSR count). The van der Waals surface area contributed by atoms with Crippen LogP contribution in [0.4, 0.5) is 5.69 Å². The van der Waals surface area contributed by atoms with E-state index in [0.29, 0.717) is 17.7 Å². The summed E-state index contributed by atoms with van der Waals surface area (Å²) in [7, 11) is 0. The Hall–Kier alpha value is -3.86. The van der Waals surface area contributed by atoms with Gasteiger partial charge in [-0.2, -0.15) is 0 Å². The molecule has 0 radical (unpaired) electrons. The number of carbonyl (C=O) groups is 2. The highest BCUT2D eigenvalue weighted by Gasteiger charge is 2.38. The van der Waals surface area contributed by atoms with Crippen molar-refractivity contribution in [2.45, 2.75) is 13.3 Å². The van der Waals surface area contributed by atoms with E-state index in [9.17, 15) is 9.59 Å². The Morgan fingerprint density at radius 2 is 1.71 bits per heavy atom. The van der Waals surface area contributed by atoms with E-state index in [-0.39, 0.29) is 24.1 Å². The zero-order valence-electron chi connectivity index (χ0n) is 17.4. The van der Waals surface area contributed by atoms with Crippen molar-refractivity contribution < 1.29 is 14.3 Å². The number of imide groups is 1. The summed E-state index contributed by atoms with van der Waals surface area (Å²) in [6.07, 6.45) is 2.46. The van der Waals surface area contributed by atoms with Gasteiger partial charge in [0, 0.05) is 17.6 Å². The Kier molecular flexibility index (Phi) is 5.85. The summed E-state index contributed by atoms with van der Waals surface area (Å²) in [5.74, 6) is 0.0310. The highest BCUT2D eigenvalue weighted by atomic mass is 16.5. The van der Waals surface area contributed by atoms with E-state index in [1.54, 1.807) is 6.08 Å². The number of hydrogen-bond donors (Lipinski definition) is 1. The largest absolute Gasteiger partial charge is 0.494 e. The number of hydrogen-bond acceptors (Lipinski definition) is 4. The molecule has 5 nitrogen and oxygen atoms in total. The number of ether oxygens (including phenoxy) is 1. The molecule has 5 heteroatoms. The standard InChI is InChI=1S/C26H24N2O3/c1-3-16-28-25(29)23(19-12-14-20(15-13-19)31-17-4-2)24(26(28)30)27-22-11-7-9-18-8-5-6-10-21(18)22/h3,5-15,27H,1,4,16-17H2,2H3. The first-order valence-electron chi connectivity index (χ1n) is 10.3. The molecule has 0 spiro atoms. The first-order chi connectivity index (χ1) is 15.1. The Morgan fingerprint density at radius 1 is 0.968 bits per heavy atom. The summed E-state index contributed by atoms with van der Waals surface area (Å²) in [4.78, 5) is 27.5. The van der Waals surface area contributed by atoms with Crippen LogP contribution in [-0.4, -0.2) is 29.9 Å². The van der Waals surface area contributed by atoms with Gasteiger partial charge >= 0.3 is 0 Å². The van der Waals surface area contributed by atoms with Gasteiger partial charge in [0.1, 0.15) is 11.4 Å². The molecule has 0 atom stereocenters. The minimum atomic E-state index is -0.362. The molecule has 3 aromatic carbocycles. The number of nitrogens with zero attached hydrogens (tertiary/aromatic N) is 1. The van der Waals surface area contributed by atoms with Gasteiger partial charge in [-0.05, 0) is 35.6 Å². The number of nitrogens with one attached hydrogen (secondary N) is 1. The van der Waals surface area contributed by atoms with Crippen LogP contribution in [0.15, 0.2) is 85.1 Å². The number of benzene rings is 3. The molecule has 0 aliphatic carbocycles. The molecular formula is C26H24N2O3. The summed E-state index contributed by atoms with van der Waals surface area (Å²) in [5.41, 5.74) is 2.05. The monoisotopic (exact) mass is 412 g/mol. The molecule has 0 fully saturated rings. The van der Waals surface area contributed by atoms with Crippen molar-refractivity contribution >= 4 is 33.8 Å². The second kappa shape index (κ2) is 8.88. The fraction of sp³-hybridized carbons (Fsp3) is 0.154. The Balaban J connectivity index is 1.77. The van der Waals surface area contributed by atoms with E-state index >= 15 is 0 Å². The van der Waals surface area contributed by atoms with Gasteiger partial charge in [-0.25, -0.2) is 0 Å². The van der Waals surface area contributed by atoms with Gasteiger partial charge < -0.3 is 10.1 Å². The average Bonchev–Trinajstić information content (AvgIpc) is 3.03. The van der Waals surface area contributed by atoms with Crippen LogP contribution in [0.1, 0.15) is 18.9 Å². The molecule has 1 heterocycles. The zero-order valence-corrected chi connectivity index (χ0v) is 17.4. The average molecular weight is 412 g/mol. The van der Waals surface area contributed by atoms with Gasteiger partial charge in [-0.3, -0.25) is 14.5 Å². The lowest BCUT2D eigenvalue weighted by Gasteiger charge is -2.13. The molecule has 0 saturated heterocycles. The number of rotatable bonds is 8. The number of fused-ring (bicyclic) bond motifs is 1. The Bertz CT molecular complexity index is 1170. The van der Waals surface area contributed by atoms with Crippen LogP contribution in [0.25, 0.3) is 16.3 Å². The van der Waals surface area contributed by atoms with Crippen LogP contribution in [0.3, 0.4) is 0 Å². The summed E-state index contributed by atoms with van der Waals surface area (Å²) in [6, 6.07) is 21.0. The van der Waals surface area contributed by atoms with Crippen LogP contribution in [-0.2, 0) is 9.59 Å². The predicted octanol–water partition coefficient (Wildman–Crippen LogP) is 5.01. The summed E-state index contributed by atoms with van der Waals surface area (Å²) in [6.45, 7) is 6.50. The summed E-state index contributed by atoms with van der Waals surface area (Å²) >= 11 is 0. The molecule has 0 bridgehead atoms. The number of amides is 2. The van der Waals surface area contributed by atoms with Crippen LogP contribution < -0.4 is 10.1 Å². The molecule has 1 aliphatic rings. The normalized spacial score (nSPS) is 13.8. The van der Waals surface area contributed by atoms with Gasteiger partial charge in [-0.1, -0.05) is 61.5 Å². The topological polar surface area (TPSA) is 58.6 Å². The molecule has 0 unspecified atom stereocenters. The van der Waals surface area contributed by atoms with Crippen molar-refractivity contribution in [3.8, 4) is 5.75 Å². The van der Waals surface area contributed by atoms with E-state index in [0.717, 1.165) is 28.6 Å². The van der Waals surface area contributed by atoms with E-state index in [2.05, 4.69) is 11.9 Å². The van der Waals surface area contributed by atoms with Crippen LogP contribution in [0.5, 0.6) is 5.75 Å². The maximum atomic E-state index is 13.2. The molecule has 156 valence electrons. The van der Waals surface area contributed by atoms with Crippen molar-refractivity contribution in [3.05, 3.63) is 90.6 Å². The summed E-state index contributed by atoms with van der Waals surface area (Å²) in [5, 5.41) is 5.27. The van der Waals surface area contributed by atoms with Crippen molar-refractivity contribution in [1.29, 1.82) is 0 Å². The first-order valence-corrected chi connectivity index (χ1v) is 10.3. The predicted molar refractivity (Wildman–Crippen MR) is 124 cm³/mol. The van der Waals surface area contributed by atoms with Gasteiger partial charge in [0.25, 0.3) is 11.8 Å². The smallest absolute Gasteiger partial charge is 0.278 e. The molecule has 2 amide bonds. The quantitative estimate of drug-likeness (QED) is 0.418. The second-order valence-electron chi connectivity index (χ2n) is 7.28. The lowest BCUT2D eigenvalue weighted by molar-refractivity contribution is -0.136. The molecule has 0 saturated carbocycles. The zero-order chi connectivity index (χ0) is 21.8. The number of anilines is 1. The van der Waals surface area contributed by atoms with Crippen molar-refractivity contribution in [2.24, 2.45) is 0 Å². The number of carbonyl (C=O) groups excluding carboxylic acids is 2. The lowest BCUT2D eigenvalue weighted by atomic mass is 10.0. The van der Waals surface area contributed by atoms with E-state index < -0.39 is 0 Å². The Morgan fingerprint density at radius 3 is 2.45 bits per heavy atom. The third-order valence-corrected chi connectivity index (χ3v) is 5.14. The van der Waals surface area contributed by atoms with E-state index in [1.807, 2.05) is 73.7 Å². The van der Waals surface area contributed by atoms with Crippen molar-refractivity contribution in [3.63, 3.8) is 0 Å². The van der Waals surface area contributed by atoms with E-state index in [1.165, 1.54) is 4.90 Å². The van der Waals surface area contributed by atoms with Gasteiger partial charge in [0.05, 0.1) is 12.2 Å². The van der Waals surface area contributed by atoms with Crippen LogP contribution in [0, 0.1) is 0 Å². The maximum Gasteiger partial charge on any atom is 0.278 e. The minimum Gasteiger partial charge on any atom is -0.494 e. The van der Waals surface area contributed by atoms with Crippen molar-refractivity contribution in [1.82, 2.24) is 4.90 Å². The van der Waals surface area contributed by atoms with E-state index in [4.69, 9.17) is 4.74 Å². The van der Waals surface area contributed by atoms with Crippen LogP contribution >= 0.6 is 0 Å². The van der Waals surface area contributed by atoms with Gasteiger partial charge in [0.2, 0.25) is 0 Å². The Labute approximate surface area is 181 Å². The summed E-state index contributed by atoms with van der Waals surface area (Å²) < 4.78 is 5.64. The minimum absolute atomic E-state index is 0.152. The molecule has 1 N–H and O–H groups in total. The van der Waals surface area contributed by atoms with Gasteiger partial charge in [-0.15, -0.1) is 6.58 Å². The lowest BCUT2D eigenvalue weighted by Crippen LogP contribution is -2.32. The second-order valence-corrected chi connectivity index (χ2v) is 7.28. The molecule has 1 aliphatic heterocycles. The molecule has 3 aromatic rings. The fourth-order valence-electron chi connectivity index (χ4n) is 3.66. The highest BCUT2D eigenvalue weighted by molar-refractivity contribution is 6.36. The molecule has 0 aromatic heterocycles. The van der Waals surface area contributed by atoms with Crippen molar-refractivity contribution in [2.75, 3.05) is 18.5 Å². The first kappa shape index (κ1) is 20.4. The highest BCUT2D eigenvalue weighted by Crippen LogP contribution is 2.33. The van der Waals surface area contributed by atoms with Crippen LogP contribution in [0.2, 0.25) is 0 Å². The van der Waals surface area contributed by atoms with Gasteiger partial charge in [0.15, 0.2) is 0 Å².